The van der Waals surface area contributed by atoms with Gasteiger partial charge in [-0.2, -0.15) is 0 Å². The normalized spacial score (nSPS) is 16.0. The van der Waals surface area contributed by atoms with Gasteiger partial charge in [-0.25, -0.2) is 4.99 Å². The lowest BCUT2D eigenvalue weighted by atomic mass is 9.98. The van der Waals surface area contributed by atoms with Crippen molar-refractivity contribution in [2.75, 3.05) is 19.7 Å². The van der Waals surface area contributed by atoms with Gasteiger partial charge >= 0.3 is 0 Å². The second kappa shape index (κ2) is 12.7. The summed E-state index contributed by atoms with van der Waals surface area (Å²) in [5.74, 6) is 0.867. The van der Waals surface area contributed by atoms with Gasteiger partial charge in [-0.15, -0.1) is 0 Å². The molecule has 2 N–H and O–H groups in total. The van der Waals surface area contributed by atoms with Gasteiger partial charge in [0.2, 0.25) is 0 Å². The minimum Gasteiger partial charge on any atom is -0.378 e. The number of aromatic nitrogens is 1. The van der Waals surface area contributed by atoms with Crippen molar-refractivity contribution in [2.45, 2.75) is 70.9 Å². The Labute approximate surface area is 152 Å². The molecule has 0 aliphatic heterocycles. The molecular weight excluding hydrogens is 312 g/mol. The van der Waals surface area contributed by atoms with E-state index in [2.05, 4.69) is 27.5 Å². The summed E-state index contributed by atoms with van der Waals surface area (Å²) in [6, 6.07) is 5.92. The summed E-state index contributed by atoms with van der Waals surface area (Å²) in [7, 11) is 0. The maximum absolute atomic E-state index is 5.97. The van der Waals surface area contributed by atoms with Crippen LogP contribution in [0, 0.1) is 0 Å². The fourth-order valence-electron chi connectivity index (χ4n) is 3.09. The highest BCUT2D eigenvalue weighted by Gasteiger charge is 2.12. The number of pyridine rings is 1. The Morgan fingerprint density at radius 2 is 2.04 bits per heavy atom. The number of nitrogens with zero attached hydrogens (tertiary/aromatic N) is 2. The van der Waals surface area contributed by atoms with Gasteiger partial charge in [0.25, 0.3) is 0 Å². The molecular formula is C20H34N4O. The van der Waals surface area contributed by atoms with Crippen molar-refractivity contribution in [1.29, 1.82) is 0 Å². The first-order chi connectivity index (χ1) is 12.4. The van der Waals surface area contributed by atoms with Crippen molar-refractivity contribution in [2.24, 2.45) is 4.99 Å². The van der Waals surface area contributed by atoms with Crippen LogP contribution >= 0.6 is 0 Å². The quantitative estimate of drug-likeness (QED) is 0.386. The molecule has 0 aromatic carbocycles. The number of ether oxygens (including phenoxy) is 1. The summed E-state index contributed by atoms with van der Waals surface area (Å²) >= 11 is 0. The summed E-state index contributed by atoms with van der Waals surface area (Å²) in [5.41, 5.74) is 0.986. The molecule has 25 heavy (non-hydrogen) atoms. The predicted molar refractivity (Wildman–Crippen MR) is 104 cm³/mol. The number of guanidine groups is 1. The number of rotatable bonds is 10. The lowest BCUT2D eigenvalue weighted by molar-refractivity contribution is 0.0264. The van der Waals surface area contributed by atoms with Crippen molar-refractivity contribution in [1.82, 2.24) is 15.6 Å². The molecule has 0 amide bonds. The van der Waals surface area contributed by atoms with Crippen LogP contribution in [-0.2, 0) is 11.3 Å². The highest BCUT2D eigenvalue weighted by molar-refractivity contribution is 5.79. The summed E-state index contributed by atoms with van der Waals surface area (Å²) in [6.45, 7) is 5.41. The average Bonchev–Trinajstić information content (AvgIpc) is 2.67. The summed E-state index contributed by atoms with van der Waals surface area (Å²) in [6.07, 6.45) is 12.4. The van der Waals surface area contributed by atoms with E-state index in [-0.39, 0.29) is 0 Å². The Hall–Kier alpha value is -1.62. The van der Waals surface area contributed by atoms with Crippen LogP contribution in [0.5, 0.6) is 0 Å². The van der Waals surface area contributed by atoms with Crippen molar-refractivity contribution in [3.8, 4) is 0 Å². The third kappa shape index (κ3) is 8.87. The standard InChI is InChI=1S/C20H34N4O/c1-2-21-20(24-17-18-11-7-9-14-22-18)23-15-8-4-10-16-25-19-12-5-3-6-13-19/h7,9,11,14,19H,2-6,8,10,12-13,15-17H2,1H3,(H2,21,23,24). The minimum atomic E-state index is 0.533. The molecule has 1 aliphatic carbocycles. The number of hydrogen-bond acceptors (Lipinski definition) is 3. The maximum atomic E-state index is 5.97. The van der Waals surface area contributed by atoms with E-state index in [1.54, 1.807) is 6.20 Å². The predicted octanol–water partition coefficient (Wildman–Crippen LogP) is 3.66. The Bertz CT molecular complexity index is 472. The fraction of sp³-hybridized carbons (Fsp3) is 0.700. The lowest BCUT2D eigenvalue weighted by Crippen LogP contribution is -2.37. The van der Waals surface area contributed by atoms with Crippen molar-refractivity contribution >= 4 is 5.96 Å². The van der Waals surface area contributed by atoms with E-state index in [4.69, 9.17) is 4.74 Å². The maximum Gasteiger partial charge on any atom is 0.191 e. The highest BCUT2D eigenvalue weighted by Crippen LogP contribution is 2.20. The number of hydrogen-bond donors (Lipinski definition) is 2. The number of aliphatic imine (C=N–C) groups is 1. The zero-order valence-corrected chi connectivity index (χ0v) is 15.7. The Morgan fingerprint density at radius 3 is 2.80 bits per heavy atom. The molecule has 140 valence electrons. The zero-order chi connectivity index (χ0) is 17.6. The molecule has 0 radical (unpaired) electrons. The topological polar surface area (TPSA) is 58.5 Å². The van der Waals surface area contributed by atoms with E-state index in [1.807, 2.05) is 18.2 Å². The summed E-state index contributed by atoms with van der Waals surface area (Å²) in [4.78, 5) is 8.89. The number of unbranched alkanes of at least 4 members (excludes halogenated alkanes) is 2. The first kappa shape index (κ1) is 19.7. The molecule has 1 saturated carbocycles. The largest absolute Gasteiger partial charge is 0.378 e. The van der Waals surface area contributed by atoms with Gasteiger partial charge in [-0.3, -0.25) is 4.98 Å². The van der Waals surface area contributed by atoms with E-state index in [9.17, 15) is 0 Å². The van der Waals surface area contributed by atoms with Gasteiger partial charge in [0, 0.05) is 25.9 Å². The minimum absolute atomic E-state index is 0.533. The molecule has 0 spiro atoms. The van der Waals surface area contributed by atoms with E-state index >= 15 is 0 Å². The second-order valence-electron chi connectivity index (χ2n) is 6.63. The molecule has 0 saturated heterocycles. The summed E-state index contributed by atoms with van der Waals surface area (Å²) in [5, 5.41) is 6.69. The SMILES string of the molecule is CCNC(=NCc1ccccn1)NCCCCCOC1CCCCC1. The van der Waals surface area contributed by atoms with Gasteiger partial charge < -0.3 is 15.4 Å². The Kier molecular flexibility index (Phi) is 10.0. The van der Waals surface area contributed by atoms with Crippen LogP contribution in [0.2, 0.25) is 0 Å². The van der Waals surface area contributed by atoms with E-state index in [1.165, 1.54) is 38.5 Å². The first-order valence-electron chi connectivity index (χ1n) is 9.92. The molecule has 0 unspecified atom stereocenters. The molecule has 1 aliphatic rings. The Balaban J connectivity index is 1.54. The Morgan fingerprint density at radius 1 is 1.16 bits per heavy atom. The summed E-state index contributed by atoms with van der Waals surface area (Å²) < 4.78 is 5.97. The molecule has 2 rings (SSSR count). The molecule has 5 heteroatoms. The molecule has 5 nitrogen and oxygen atoms in total. The zero-order valence-electron chi connectivity index (χ0n) is 15.7. The van der Waals surface area contributed by atoms with E-state index in [0.717, 1.165) is 44.2 Å². The van der Waals surface area contributed by atoms with Crippen molar-refractivity contribution < 1.29 is 4.74 Å². The van der Waals surface area contributed by atoms with Gasteiger partial charge in [0.1, 0.15) is 0 Å². The first-order valence-corrected chi connectivity index (χ1v) is 9.92. The van der Waals surface area contributed by atoms with Crippen LogP contribution in [0.15, 0.2) is 29.4 Å². The third-order valence-electron chi connectivity index (χ3n) is 4.49. The third-order valence-corrected chi connectivity index (χ3v) is 4.49. The smallest absolute Gasteiger partial charge is 0.191 e. The van der Waals surface area contributed by atoms with E-state index < -0.39 is 0 Å². The fourth-order valence-corrected chi connectivity index (χ4v) is 3.09. The second-order valence-corrected chi connectivity index (χ2v) is 6.63. The van der Waals surface area contributed by atoms with Crippen LogP contribution in [0.3, 0.4) is 0 Å². The molecule has 1 fully saturated rings. The van der Waals surface area contributed by atoms with Gasteiger partial charge in [-0.05, 0) is 51.2 Å². The van der Waals surface area contributed by atoms with Gasteiger partial charge in [0.15, 0.2) is 5.96 Å². The number of nitrogens with one attached hydrogen (secondary N) is 2. The van der Waals surface area contributed by atoms with Crippen LogP contribution < -0.4 is 10.6 Å². The van der Waals surface area contributed by atoms with Crippen LogP contribution in [0.1, 0.15) is 64.0 Å². The van der Waals surface area contributed by atoms with Crippen LogP contribution in [0.4, 0.5) is 0 Å². The van der Waals surface area contributed by atoms with E-state index in [0.29, 0.717) is 12.6 Å². The highest BCUT2D eigenvalue weighted by atomic mass is 16.5. The van der Waals surface area contributed by atoms with Gasteiger partial charge in [0.05, 0.1) is 18.3 Å². The lowest BCUT2D eigenvalue weighted by Gasteiger charge is -2.21. The molecule has 1 heterocycles. The van der Waals surface area contributed by atoms with Gasteiger partial charge in [-0.1, -0.05) is 25.3 Å². The van der Waals surface area contributed by atoms with Crippen molar-refractivity contribution in [3.63, 3.8) is 0 Å². The molecule has 1 aromatic heterocycles. The van der Waals surface area contributed by atoms with Crippen LogP contribution in [0.25, 0.3) is 0 Å². The average molecular weight is 347 g/mol. The monoisotopic (exact) mass is 346 g/mol. The molecule has 1 aromatic rings. The van der Waals surface area contributed by atoms with Crippen molar-refractivity contribution in [3.05, 3.63) is 30.1 Å². The van der Waals surface area contributed by atoms with Crippen LogP contribution in [-0.4, -0.2) is 36.7 Å². The molecule has 0 bridgehead atoms. The molecule has 0 atom stereocenters.